The zero-order valence-corrected chi connectivity index (χ0v) is 12.7. The van der Waals surface area contributed by atoms with Crippen molar-refractivity contribution >= 4 is 6.03 Å². The molecule has 0 radical (unpaired) electrons. The van der Waals surface area contributed by atoms with Gasteiger partial charge in [0, 0.05) is 11.6 Å². The summed E-state index contributed by atoms with van der Waals surface area (Å²) in [6, 6.07) is 8.45. The molecule has 0 aromatic heterocycles. The average Bonchev–Trinajstić information content (AvgIpc) is 2.68. The summed E-state index contributed by atoms with van der Waals surface area (Å²) in [5.74, 6) is 0.901. The van der Waals surface area contributed by atoms with Crippen molar-refractivity contribution in [3.8, 4) is 5.75 Å². The topological polar surface area (TPSA) is 41.6 Å². The molecule has 3 rings (SSSR count). The summed E-state index contributed by atoms with van der Waals surface area (Å²) in [6.45, 7) is 3.27. The maximum Gasteiger partial charge on any atom is 0.318 e. The Morgan fingerprint density at radius 2 is 2.00 bits per heavy atom. The molecule has 0 bridgehead atoms. The largest absolute Gasteiger partial charge is 0.491 e. The van der Waals surface area contributed by atoms with E-state index in [0.717, 1.165) is 24.2 Å². The van der Waals surface area contributed by atoms with Crippen LogP contribution in [0.15, 0.2) is 24.3 Å². The number of para-hydroxylation sites is 1. The molecule has 1 aliphatic heterocycles. The maximum absolute atomic E-state index is 12.6. The van der Waals surface area contributed by atoms with Crippen molar-refractivity contribution in [2.24, 2.45) is 0 Å². The Balaban J connectivity index is 1.71. The molecule has 21 heavy (non-hydrogen) atoms. The van der Waals surface area contributed by atoms with Crippen molar-refractivity contribution < 1.29 is 9.53 Å². The third-order valence-electron chi connectivity index (χ3n) is 4.62. The maximum atomic E-state index is 12.6. The lowest BCUT2D eigenvalue weighted by Gasteiger charge is -2.31. The number of nitrogens with zero attached hydrogens (tertiary/aromatic N) is 1. The van der Waals surface area contributed by atoms with Crippen LogP contribution in [0.3, 0.4) is 0 Å². The molecule has 1 heterocycles. The van der Waals surface area contributed by atoms with Crippen LogP contribution in [-0.2, 0) is 0 Å². The average molecular weight is 288 g/mol. The first-order valence-corrected chi connectivity index (χ1v) is 8.04. The first-order valence-electron chi connectivity index (χ1n) is 8.04. The Hall–Kier alpha value is -1.71. The van der Waals surface area contributed by atoms with E-state index >= 15 is 0 Å². The Morgan fingerprint density at radius 3 is 2.81 bits per heavy atom. The number of ether oxygens (including phenoxy) is 1. The van der Waals surface area contributed by atoms with Crippen LogP contribution in [0, 0.1) is 0 Å². The van der Waals surface area contributed by atoms with Crippen molar-refractivity contribution in [1.82, 2.24) is 10.2 Å². The number of fused-ring (bicyclic) bond motifs is 1. The minimum absolute atomic E-state index is 0.0484. The van der Waals surface area contributed by atoms with Gasteiger partial charge < -0.3 is 15.0 Å². The lowest BCUT2D eigenvalue weighted by Crippen LogP contribution is -2.47. The molecular formula is C17H24N2O2. The molecule has 2 amide bonds. The van der Waals surface area contributed by atoms with E-state index < -0.39 is 0 Å². The number of benzene rings is 1. The summed E-state index contributed by atoms with van der Waals surface area (Å²) < 4.78 is 5.77. The normalized spacial score (nSPS) is 22.9. The van der Waals surface area contributed by atoms with Gasteiger partial charge in [-0.1, -0.05) is 37.5 Å². The number of nitrogens with one attached hydrogen (secondary N) is 1. The molecule has 1 aromatic carbocycles. The summed E-state index contributed by atoms with van der Waals surface area (Å²) in [6.07, 6.45) is 5.98. The molecule has 4 heteroatoms. The van der Waals surface area contributed by atoms with Gasteiger partial charge in [0.15, 0.2) is 0 Å². The lowest BCUT2D eigenvalue weighted by atomic mass is 9.95. The molecule has 1 fully saturated rings. The Kier molecular flexibility index (Phi) is 4.32. The predicted molar refractivity (Wildman–Crippen MR) is 82.5 cm³/mol. The highest BCUT2D eigenvalue weighted by molar-refractivity contribution is 5.75. The van der Waals surface area contributed by atoms with Crippen molar-refractivity contribution in [2.75, 3.05) is 13.2 Å². The van der Waals surface area contributed by atoms with Gasteiger partial charge in [0.25, 0.3) is 0 Å². The predicted octanol–water partition coefficient (Wildman–Crippen LogP) is 3.48. The minimum Gasteiger partial charge on any atom is -0.491 e. The van der Waals surface area contributed by atoms with Crippen molar-refractivity contribution in [3.63, 3.8) is 0 Å². The van der Waals surface area contributed by atoms with Gasteiger partial charge in [0.05, 0.1) is 12.6 Å². The van der Waals surface area contributed by atoms with E-state index in [-0.39, 0.29) is 12.1 Å². The van der Waals surface area contributed by atoms with Gasteiger partial charge >= 0.3 is 6.03 Å². The van der Waals surface area contributed by atoms with Crippen molar-refractivity contribution in [1.29, 1.82) is 0 Å². The van der Waals surface area contributed by atoms with E-state index in [4.69, 9.17) is 4.74 Å². The van der Waals surface area contributed by atoms with E-state index in [2.05, 4.69) is 12.2 Å². The second kappa shape index (κ2) is 6.37. The van der Waals surface area contributed by atoms with Gasteiger partial charge in [-0.15, -0.1) is 0 Å². The van der Waals surface area contributed by atoms with Crippen LogP contribution in [0.25, 0.3) is 0 Å². The van der Waals surface area contributed by atoms with Crippen LogP contribution >= 0.6 is 0 Å². The fourth-order valence-corrected chi connectivity index (χ4v) is 3.35. The number of hydrogen-bond acceptors (Lipinski definition) is 2. The van der Waals surface area contributed by atoms with E-state index in [1.54, 1.807) is 0 Å². The number of urea groups is 1. The summed E-state index contributed by atoms with van der Waals surface area (Å²) in [4.78, 5) is 14.5. The quantitative estimate of drug-likeness (QED) is 0.859. The van der Waals surface area contributed by atoms with E-state index in [1.165, 1.54) is 19.3 Å². The second-order valence-electron chi connectivity index (χ2n) is 6.04. The zero-order chi connectivity index (χ0) is 14.7. The zero-order valence-electron chi connectivity index (χ0n) is 12.7. The molecule has 4 nitrogen and oxygen atoms in total. The van der Waals surface area contributed by atoms with E-state index in [1.807, 2.05) is 29.2 Å². The molecule has 0 saturated heterocycles. The highest BCUT2D eigenvalue weighted by atomic mass is 16.5. The molecule has 1 unspecified atom stereocenters. The fraction of sp³-hybridized carbons (Fsp3) is 0.588. The van der Waals surface area contributed by atoms with Crippen LogP contribution in [0.1, 0.15) is 50.6 Å². The number of carbonyl (C=O) groups is 1. The van der Waals surface area contributed by atoms with Crippen LogP contribution < -0.4 is 10.1 Å². The number of rotatable bonds is 1. The molecule has 114 valence electrons. The summed E-state index contributed by atoms with van der Waals surface area (Å²) in [7, 11) is 0. The van der Waals surface area contributed by atoms with Gasteiger partial charge in [0.1, 0.15) is 12.4 Å². The highest BCUT2D eigenvalue weighted by Crippen LogP contribution is 2.31. The van der Waals surface area contributed by atoms with Crippen LogP contribution in [0.2, 0.25) is 0 Å². The molecule has 1 N–H and O–H groups in total. The summed E-state index contributed by atoms with van der Waals surface area (Å²) in [5.41, 5.74) is 1.09. The van der Waals surface area contributed by atoms with Gasteiger partial charge in [0.2, 0.25) is 0 Å². The smallest absolute Gasteiger partial charge is 0.318 e. The standard InChI is InChI=1S/C17H24N2O2/c1-13-15-9-5-6-10-16(15)21-12-11-19(13)17(20)18-14-7-3-2-4-8-14/h5-6,9-10,13-14H,2-4,7-8,11-12H2,1H3,(H,18,20). The van der Waals surface area contributed by atoms with Crippen LogP contribution in [-0.4, -0.2) is 30.1 Å². The fourth-order valence-electron chi connectivity index (χ4n) is 3.35. The van der Waals surface area contributed by atoms with Gasteiger partial charge in [-0.2, -0.15) is 0 Å². The molecule has 2 aliphatic rings. The molecule has 1 aliphatic carbocycles. The minimum atomic E-state index is 0.0484. The summed E-state index contributed by atoms with van der Waals surface area (Å²) >= 11 is 0. The Labute approximate surface area is 126 Å². The first-order chi connectivity index (χ1) is 10.3. The van der Waals surface area contributed by atoms with Crippen molar-refractivity contribution in [2.45, 2.75) is 51.1 Å². The lowest BCUT2D eigenvalue weighted by molar-refractivity contribution is 0.166. The van der Waals surface area contributed by atoms with Gasteiger partial charge in [-0.25, -0.2) is 4.79 Å². The van der Waals surface area contributed by atoms with Gasteiger partial charge in [-0.3, -0.25) is 0 Å². The van der Waals surface area contributed by atoms with E-state index in [0.29, 0.717) is 19.2 Å². The van der Waals surface area contributed by atoms with Crippen molar-refractivity contribution in [3.05, 3.63) is 29.8 Å². The Bertz CT molecular complexity index is 497. The monoisotopic (exact) mass is 288 g/mol. The second-order valence-corrected chi connectivity index (χ2v) is 6.04. The summed E-state index contributed by atoms with van der Waals surface area (Å²) in [5, 5.41) is 3.21. The Morgan fingerprint density at radius 1 is 1.24 bits per heavy atom. The third-order valence-corrected chi connectivity index (χ3v) is 4.62. The number of amides is 2. The molecule has 1 atom stereocenters. The molecule has 1 aromatic rings. The van der Waals surface area contributed by atoms with Crippen LogP contribution in [0.5, 0.6) is 5.75 Å². The first kappa shape index (κ1) is 14.2. The van der Waals surface area contributed by atoms with Crippen LogP contribution in [0.4, 0.5) is 4.79 Å². The molecule has 1 saturated carbocycles. The number of carbonyl (C=O) groups excluding carboxylic acids is 1. The van der Waals surface area contributed by atoms with E-state index in [9.17, 15) is 4.79 Å². The third kappa shape index (κ3) is 3.14. The molecule has 0 spiro atoms. The van der Waals surface area contributed by atoms with Gasteiger partial charge in [-0.05, 0) is 25.8 Å². The number of hydrogen-bond donors (Lipinski definition) is 1. The molecular weight excluding hydrogens is 264 g/mol. The highest BCUT2D eigenvalue weighted by Gasteiger charge is 2.28. The SMILES string of the molecule is CC1c2ccccc2OCCN1C(=O)NC1CCCCC1.